The number of aryl methyl sites for hydroxylation is 1. The van der Waals surface area contributed by atoms with Gasteiger partial charge in [0, 0.05) is 18.2 Å². The third kappa shape index (κ3) is 2.98. The summed E-state index contributed by atoms with van der Waals surface area (Å²) in [7, 11) is 0. The molecule has 3 heterocycles. The number of halogens is 1. The number of likely N-dealkylation sites (tertiary alicyclic amines) is 1. The van der Waals surface area contributed by atoms with Crippen molar-refractivity contribution < 1.29 is 8.81 Å². The van der Waals surface area contributed by atoms with Crippen molar-refractivity contribution in [3.63, 3.8) is 0 Å². The standard InChI is InChI=1S/C22H23FN4O/c23-18-5-2-1-4-17(18)19-7-6-16(28-19)13-27-11-3-9-22(14-27)10-8-15-12-25-21(24)26-20(15)22/h1-2,4-7,12H,3,8-11,13-14H2,(H2,24,25,26). The number of benzene rings is 1. The van der Waals surface area contributed by atoms with Gasteiger partial charge < -0.3 is 10.2 Å². The molecule has 1 aliphatic heterocycles. The molecule has 28 heavy (non-hydrogen) atoms. The molecular formula is C22H23FN4O. The zero-order chi connectivity index (χ0) is 19.1. The number of hydrogen-bond acceptors (Lipinski definition) is 5. The molecule has 0 saturated carbocycles. The highest BCUT2D eigenvalue weighted by molar-refractivity contribution is 5.58. The van der Waals surface area contributed by atoms with E-state index in [4.69, 9.17) is 10.2 Å². The smallest absolute Gasteiger partial charge is 0.220 e. The van der Waals surface area contributed by atoms with Crippen molar-refractivity contribution in [2.75, 3.05) is 18.8 Å². The predicted molar refractivity (Wildman–Crippen MR) is 105 cm³/mol. The highest BCUT2D eigenvalue weighted by Crippen LogP contribution is 2.44. The quantitative estimate of drug-likeness (QED) is 0.748. The zero-order valence-corrected chi connectivity index (χ0v) is 15.7. The maximum Gasteiger partial charge on any atom is 0.220 e. The van der Waals surface area contributed by atoms with Crippen molar-refractivity contribution in [1.82, 2.24) is 14.9 Å². The number of anilines is 1. The van der Waals surface area contributed by atoms with E-state index in [0.29, 0.717) is 23.8 Å². The van der Waals surface area contributed by atoms with E-state index < -0.39 is 0 Å². The molecule has 0 bridgehead atoms. The molecular weight excluding hydrogens is 355 g/mol. The van der Waals surface area contributed by atoms with E-state index in [0.717, 1.165) is 50.2 Å². The van der Waals surface area contributed by atoms with Crippen molar-refractivity contribution >= 4 is 5.95 Å². The number of nitrogen functional groups attached to an aromatic ring is 1. The summed E-state index contributed by atoms with van der Waals surface area (Å²) in [5, 5.41) is 0. The van der Waals surface area contributed by atoms with Crippen LogP contribution in [0.4, 0.5) is 10.3 Å². The minimum absolute atomic E-state index is 0.0611. The first-order chi connectivity index (χ1) is 13.6. The van der Waals surface area contributed by atoms with E-state index >= 15 is 0 Å². The molecule has 5 rings (SSSR count). The topological polar surface area (TPSA) is 68.2 Å². The van der Waals surface area contributed by atoms with Gasteiger partial charge in [-0.25, -0.2) is 14.4 Å². The Morgan fingerprint density at radius 2 is 2.07 bits per heavy atom. The highest BCUT2D eigenvalue weighted by atomic mass is 19.1. The normalized spacial score (nSPS) is 21.9. The fraction of sp³-hybridized carbons (Fsp3) is 0.364. The van der Waals surface area contributed by atoms with E-state index in [1.165, 1.54) is 11.6 Å². The van der Waals surface area contributed by atoms with E-state index in [1.54, 1.807) is 12.1 Å². The lowest BCUT2D eigenvalue weighted by Gasteiger charge is -2.40. The number of fused-ring (bicyclic) bond motifs is 2. The summed E-state index contributed by atoms with van der Waals surface area (Å²) in [6, 6.07) is 10.5. The Morgan fingerprint density at radius 3 is 2.96 bits per heavy atom. The van der Waals surface area contributed by atoms with Gasteiger partial charge in [0.2, 0.25) is 5.95 Å². The molecule has 1 saturated heterocycles. The molecule has 2 N–H and O–H groups in total. The fourth-order valence-electron chi connectivity index (χ4n) is 4.80. The molecule has 1 spiro atoms. The van der Waals surface area contributed by atoms with Gasteiger partial charge in [-0.05, 0) is 62.1 Å². The minimum atomic E-state index is -0.264. The number of piperidine rings is 1. The molecule has 1 atom stereocenters. The van der Waals surface area contributed by atoms with E-state index in [1.807, 2.05) is 24.4 Å². The van der Waals surface area contributed by atoms with Crippen LogP contribution in [0.5, 0.6) is 0 Å². The fourth-order valence-corrected chi connectivity index (χ4v) is 4.80. The first-order valence-electron chi connectivity index (χ1n) is 9.81. The van der Waals surface area contributed by atoms with Crippen LogP contribution >= 0.6 is 0 Å². The second-order valence-electron chi connectivity index (χ2n) is 7.94. The van der Waals surface area contributed by atoms with E-state index in [9.17, 15) is 4.39 Å². The van der Waals surface area contributed by atoms with Gasteiger partial charge >= 0.3 is 0 Å². The maximum atomic E-state index is 14.0. The zero-order valence-electron chi connectivity index (χ0n) is 15.7. The van der Waals surface area contributed by atoms with Gasteiger partial charge in [0.05, 0.1) is 17.8 Å². The van der Waals surface area contributed by atoms with Gasteiger partial charge in [0.1, 0.15) is 17.3 Å². The van der Waals surface area contributed by atoms with Crippen LogP contribution in [-0.4, -0.2) is 28.0 Å². The minimum Gasteiger partial charge on any atom is -0.460 e. The van der Waals surface area contributed by atoms with E-state index in [-0.39, 0.29) is 11.2 Å². The predicted octanol–water partition coefficient (Wildman–Crippen LogP) is 3.94. The molecule has 5 nitrogen and oxygen atoms in total. The molecule has 1 unspecified atom stereocenters. The maximum absolute atomic E-state index is 14.0. The van der Waals surface area contributed by atoms with Gasteiger partial charge in [-0.3, -0.25) is 4.90 Å². The summed E-state index contributed by atoms with van der Waals surface area (Å²) < 4.78 is 20.0. The van der Waals surface area contributed by atoms with Crippen molar-refractivity contribution in [3.8, 4) is 11.3 Å². The molecule has 1 fully saturated rings. The SMILES string of the molecule is Nc1ncc2c(n1)C1(CCCN(Cc3ccc(-c4ccccc4F)o3)C1)CC2. The van der Waals surface area contributed by atoms with Crippen LogP contribution in [0.25, 0.3) is 11.3 Å². The van der Waals surface area contributed by atoms with Gasteiger partial charge in [-0.1, -0.05) is 12.1 Å². The summed E-state index contributed by atoms with van der Waals surface area (Å²) in [5.41, 5.74) is 8.80. The van der Waals surface area contributed by atoms with Crippen LogP contribution in [0.15, 0.2) is 47.0 Å². The average Bonchev–Trinajstić information content (AvgIpc) is 3.28. The molecule has 2 aliphatic rings. The molecule has 144 valence electrons. The number of hydrogen-bond donors (Lipinski definition) is 1. The number of rotatable bonds is 3. The Hall–Kier alpha value is -2.73. The van der Waals surface area contributed by atoms with Gasteiger partial charge in [0.25, 0.3) is 0 Å². The highest BCUT2D eigenvalue weighted by Gasteiger charge is 2.43. The number of nitrogens with zero attached hydrogens (tertiary/aromatic N) is 3. The summed E-state index contributed by atoms with van der Waals surface area (Å²) in [6.07, 6.45) is 6.24. The van der Waals surface area contributed by atoms with Crippen LogP contribution in [0.1, 0.15) is 36.3 Å². The Bertz CT molecular complexity index is 1010. The lowest BCUT2D eigenvalue weighted by Crippen LogP contribution is -2.45. The lowest BCUT2D eigenvalue weighted by atomic mass is 9.77. The monoisotopic (exact) mass is 378 g/mol. The van der Waals surface area contributed by atoms with Crippen molar-refractivity contribution in [2.24, 2.45) is 0 Å². The Morgan fingerprint density at radius 1 is 1.18 bits per heavy atom. The molecule has 0 amide bonds. The summed E-state index contributed by atoms with van der Waals surface area (Å²) in [6.45, 7) is 2.67. The third-order valence-electron chi connectivity index (χ3n) is 6.09. The average molecular weight is 378 g/mol. The second-order valence-corrected chi connectivity index (χ2v) is 7.94. The van der Waals surface area contributed by atoms with Gasteiger partial charge in [-0.15, -0.1) is 0 Å². The van der Waals surface area contributed by atoms with Gasteiger partial charge in [-0.2, -0.15) is 0 Å². The Kier molecular flexibility index (Phi) is 4.16. The second kappa shape index (κ2) is 6.71. The van der Waals surface area contributed by atoms with Crippen LogP contribution in [-0.2, 0) is 18.4 Å². The third-order valence-corrected chi connectivity index (χ3v) is 6.09. The Labute approximate surface area is 163 Å². The van der Waals surface area contributed by atoms with Crippen molar-refractivity contribution in [1.29, 1.82) is 0 Å². The summed E-state index contributed by atoms with van der Waals surface area (Å²) in [4.78, 5) is 11.2. The largest absolute Gasteiger partial charge is 0.460 e. The van der Waals surface area contributed by atoms with Crippen LogP contribution in [0.3, 0.4) is 0 Å². The Balaban J connectivity index is 1.35. The molecule has 1 aliphatic carbocycles. The number of nitrogens with two attached hydrogens (primary N) is 1. The summed E-state index contributed by atoms with van der Waals surface area (Å²) in [5.74, 6) is 1.53. The lowest BCUT2D eigenvalue weighted by molar-refractivity contribution is 0.129. The van der Waals surface area contributed by atoms with Crippen molar-refractivity contribution in [2.45, 2.75) is 37.6 Å². The first-order valence-corrected chi connectivity index (χ1v) is 9.81. The van der Waals surface area contributed by atoms with Crippen LogP contribution < -0.4 is 5.73 Å². The van der Waals surface area contributed by atoms with Crippen LogP contribution in [0.2, 0.25) is 0 Å². The molecule has 1 aromatic carbocycles. The first kappa shape index (κ1) is 17.4. The number of aromatic nitrogens is 2. The molecule has 2 aromatic heterocycles. The van der Waals surface area contributed by atoms with Gasteiger partial charge in [0.15, 0.2) is 0 Å². The van der Waals surface area contributed by atoms with Crippen molar-refractivity contribution in [3.05, 3.63) is 65.4 Å². The summed E-state index contributed by atoms with van der Waals surface area (Å²) >= 11 is 0. The van der Waals surface area contributed by atoms with Crippen LogP contribution in [0, 0.1) is 5.82 Å². The molecule has 0 radical (unpaired) electrons. The molecule has 3 aromatic rings. The number of furan rings is 1. The van der Waals surface area contributed by atoms with E-state index in [2.05, 4.69) is 14.9 Å². The molecule has 6 heteroatoms.